The summed E-state index contributed by atoms with van der Waals surface area (Å²) in [5, 5.41) is 0. The molecule has 1 aromatic rings. The number of rotatable bonds is 2. The molecule has 1 amide bonds. The summed E-state index contributed by atoms with van der Waals surface area (Å²) in [6.45, 7) is 1.23. The van der Waals surface area contributed by atoms with Gasteiger partial charge in [0, 0.05) is 22.5 Å². The third-order valence-corrected chi connectivity index (χ3v) is 4.17. The zero-order valence-electron chi connectivity index (χ0n) is 8.52. The van der Waals surface area contributed by atoms with Crippen LogP contribution < -0.4 is 5.73 Å². The number of amides is 1. The third-order valence-electron chi connectivity index (χ3n) is 3.70. The molecule has 0 radical (unpaired) electrons. The number of halogens is 1. The van der Waals surface area contributed by atoms with Crippen molar-refractivity contribution in [3.8, 4) is 0 Å². The van der Waals surface area contributed by atoms with Crippen molar-refractivity contribution in [3.05, 3.63) is 28.5 Å². The quantitative estimate of drug-likeness (QED) is 0.874. The van der Waals surface area contributed by atoms with E-state index in [9.17, 15) is 4.79 Å². The highest BCUT2D eigenvalue weighted by atomic mass is 79.9. The minimum absolute atomic E-state index is 0.221. The number of hydrogen-bond donors (Lipinski definition) is 1. The SMILES string of the molecule is NC(=O)[C@]1(c2ccc(Br)cn2)[C@@H]2COC[C@@H]21. The largest absolute Gasteiger partial charge is 0.381 e. The van der Waals surface area contributed by atoms with Crippen LogP contribution in [-0.2, 0) is 14.9 Å². The number of fused-ring (bicyclic) bond motifs is 1. The number of carbonyl (C=O) groups excluding carboxylic acids is 1. The van der Waals surface area contributed by atoms with Crippen LogP contribution in [0.3, 0.4) is 0 Å². The van der Waals surface area contributed by atoms with Gasteiger partial charge < -0.3 is 10.5 Å². The summed E-state index contributed by atoms with van der Waals surface area (Å²) in [4.78, 5) is 16.0. The van der Waals surface area contributed by atoms with E-state index < -0.39 is 5.41 Å². The fourth-order valence-corrected chi connectivity index (χ4v) is 3.08. The van der Waals surface area contributed by atoms with E-state index in [-0.39, 0.29) is 17.7 Å². The van der Waals surface area contributed by atoms with Crippen LogP contribution in [0, 0.1) is 11.8 Å². The van der Waals surface area contributed by atoms with Gasteiger partial charge in [-0.2, -0.15) is 0 Å². The molecule has 2 heterocycles. The van der Waals surface area contributed by atoms with Crippen LogP contribution >= 0.6 is 15.9 Å². The van der Waals surface area contributed by atoms with Crippen LogP contribution in [0.25, 0.3) is 0 Å². The van der Waals surface area contributed by atoms with Crippen molar-refractivity contribution in [2.24, 2.45) is 17.6 Å². The highest BCUT2D eigenvalue weighted by Crippen LogP contribution is 2.62. The molecule has 2 fully saturated rings. The van der Waals surface area contributed by atoms with E-state index in [0.717, 1.165) is 10.2 Å². The van der Waals surface area contributed by atoms with Crippen molar-refractivity contribution < 1.29 is 9.53 Å². The molecule has 0 spiro atoms. The molecule has 2 aliphatic rings. The Hall–Kier alpha value is -0.940. The standard InChI is InChI=1S/C11H11BrN2O2/c12-6-1-2-9(14-3-6)11(10(13)15)7-4-16-5-8(7)11/h1-3,7-8H,4-5H2,(H2,13,15)/t7-,8+,11-. The normalized spacial score (nSPS) is 35.8. The monoisotopic (exact) mass is 282 g/mol. The fraction of sp³-hybridized carbons (Fsp3) is 0.455. The first-order valence-electron chi connectivity index (χ1n) is 5.17. The molecule has 0 bridgehead atoms. The number of ether oxygens (including phenoxy) is 1. The van der Waals surface area contributed by atoms with Crippen molar-refractivity contribution in [2.45, 2.75) is 5.41 Å². The molecule has 4 nitrogen and oxygen atoms in total. The van der Waals surface area contributed by atoms with E-state index in [1.54, 1.807) is 6.20 Å². The molecule has 1 aliphatic heterocycles. The maximum absolute atomic E-state index is 11.7. The summed E-state index contributed by atoms with van der Waals surface area (Å²) in [5.74, 6) is 0.165. The number of nitrogens with zero attached hydrogens (tertiary/aromatic N) is 1. The van der Waals surface area contributed by atoms with E-state index in [4.69, 9.17) is 10.5 Å². The molecular weight excluding hydrogens is 272 g/mol. The number of hydrogen-bond acceptors (Lipinski definition) is 3. The van der Waals surface area contributed by atoms with Crippen molar-refractivity contribution >= 4 is 21.8 Å². The van der Waals surface area contributed by atoms with E-state index in [0.29, 0.717) is 13.2 Å². The molecule has 0 aromatic carbocycles. The van der Waals surface area contributed by atoms with Crippen molar-refractivity contribution in [1.82, 2.24) is 4.98 Å². The third kappa shape index (κ3) is 1.13. The Morgan fingerprint density at radius 2 is 2.19 bits per heavy atom. The zero-order valence-corrected chi connectivity index (χ0v) is 10.1. The Morgan fingerprint density at radius 1 is 1.50 bits per heavy atom. The maximum atomic E-state index is 11.7. The Bertz CT molecular complexity index is 436. The van der Waals surface area contributed by atoms with E-state index in [2.05, 4.69) is 20.9 Å². The van der Waals surface area contributed by atoms with Crippen molar-refractivity contribution in [2.75, 3.05) is 13.2 Å². The summed E-state index contributed by atoms with van der Waals surface area (Å²) >= 11 is 3.33. The second-order valence-electron chi connectivity index (χ2n) is 4.35. The number of pyridine rings is 1. The van der Waals surface area contributed by atoms with Gasteiger partial charge in [0.2, 0.25) is 5.91 Å². The summed E-state index contributed by atoms with van der Waals surface area (Å²) in [6, 6.07) is 3.76. The Labute approximate surface area is 101 Å². The summed E-state index contributed by atoms with van der Waals surface area (Å²) < 4.78 is 6.21. The van der Waals surface area contributed by atoms with Gasteiger partial charge in [-0.3, -0.25) is 9.78 Å². The van der Waals surface area contributed by atoms with E-state index in [1.807, 2.05) is 12.1 Å². The van der Waals surface area contributed by atoms with Gasteiger partial charge in [-0.15, -0.1) is 0 Å². The summed E-state index contributed by atoms with van der Waals surface area (Å²) in [5.41, 5.74) is 5.76. The van der Waals surface area contributed by atoms with E-state index in [1.165, 1.54) is 0 Å². The van der Waals surface area contributed by atoms with Gasteiger partial charge in [0.05, 0.1) is 18.9 Å². The van der Waals surface area contributed by atoms with Gasteiger partial charge in [-0.25, -0.2) is 0 Å². The molecule has 16 heavy (non-hydrogen) atoms. The van der Waals surface area contributed by atoms with Gasteiger partial charge in [-0.1, -0.05) is 0 Å². The van der Waals surface area contributed by atoms with Crippen molar-refractivity contribution in [1.29, 1.82) is 0 Å². The second kappa shape index (κ2) is 3.28. The first kappa shape index (κ1) is 10.2. The molecule has 1 aromatic heterocycles. The zero-order chi connectivity index (χ0) is 11.3. The molecule has 5 heteroatoms. The number of nitrogens with two attached hydrogens (primary N) is 1. The fourth-order valence-electron chi connectivity index (χ4n) is 2.85. The molecule has 3 atom stereocenters. The molecule has 2 N–H and O–H groups in total. The minimum atomic E-state index is -0.570. The average molecular weight is 283 g/mol. The van der Waals surface area contributed by atoms with Crippen molar-refractivity contribution in [3.63, 3.8) is 0 Å². The van der Waals surface area contributed by atoms with Crippen LogP contribution in [0.15, 0.2) is 22.8 Å². The Kier molecular flexibility index (Phi) is 2.09. The first-order valence-corrected chi connectivity index (χ1v) is 5.96. The predicted molar refractivity (Wildman–Crippen MR) is 60.6 cm³/mol. The van der Waals surface area contributed by atoms with Gasteiger partial charge in [0.1, 0.15) is 5.41 Å². The number of aromatic nitrogens is 1. The van der Waals surface area contributed by atoms with Gasteiger partial charge in [0.15, 0.2) is 0 Å². The Balaban J connectivity index is 2.03. The lowest BCUT2D eigenvalue weighted by Crippen LogP contribution is -2.35. The highest BCUT2D eigenvalue weighted by molar-refractivity contribution is 9.10. The van der Waals surface area contributed by atoms with Crippen LogP contribution in [-0.4, -0.2) is 24.1 Å². The average Bonchev–Trinajstić information content (AvgIpc) is 2.67. The maximum Gasteiger partial charge on any atom is 0.230 e. The predicted octanol–water partition coefficient (Wildman–Crippen LogP) is 0.843. The topological polar surface area (TPSA) is 65.2 Å². The van der Waals surface area contributed by atoms with Crippen LogP contribution in [0.4, 0.5) is 0 Å². The highest BCUT2D eigenvalue weighted by Gasteiger charge is 2.72. The van der Waals surface area contributed by atoms with Gasteiger partial charge in [0.25, 0.3) is 0 Å². The summed E-state index contributed by atoms with van der Waals surface area (Å²) in [7, 11) is 0. The minimum Gasteiger partial charge on any atom is -0.381 e. The molecule has 1 saturated heterocycles. The van der Waals surface area contributed by atoms with Gasteiger partial charge in [-0.05, 0) is 28.1 Å². The molecule has 0 unspecified atom stereocenters. The second-order valence-corrected chi connectivity index (χ2v) is 5.26. The molecule has 1 aliphatic carbocycles. The molecular formula is C11H11BrN2O2. The lowest BCUT2D eigenvalue weighted by molar-refractivity contribution is -0.122. The molecule has 1 saturated carbocycles. The number of carbonyl (C=O) groups is 1. The lowest BCUT2D eigenvalue weighted by Gasteiger charge is -2.16. The van der Waals surface area contributed by atoms with E-state index >= 15 is 0 Å². The summed E-state index contributed by atoms with van der Waals surface area (Å²) in [6.07, 6.45) is 1.70. The van der Waals surface area contributed by atoms with Gasteiger partial charge >= 0.3 is 0 Å². The number of primary amides is 1. The van der Waals surface area contributed by atoms with Crippen LogP contribution in [0.5, 0.6) is 0 Å². The van der Waals surface area contributed by atoms with Crippen LogP contribution in [0.1, 0.15) is 5.69 Å². The lowest BCUT2D eigenvalue weighted by atomic mass is 9.95. The molecule has 3 rings (SSSR count). The smallest absolute Gasteiger partial charge is 0.230 e. The Morgan fingerprint density at radius 3 is 2.69 bits per heavy atom. The van der Waals surface area contributed by atoms with Crippen LogP contribution in [0.2, 0.25) is 0 Å². The molecule has 84 valence electrons. The first-order chi connectivity index (χ1) is 7.67.